The number of carbonyl (C=O) groups is 2. The molecule has 3 heterocycles. The maximum absolute atomic E-state index is 12.9. The topological polar surface area (TPSA) is 113 Å². The van der Waals surface area contributed by atoms with E-state index in [2.05, 4.69) is 25.8 Å². The van der Waals surface area contributed by atoms with Gasteiger partial charge in [0.15, 0.2) is 11.6 Å². The molecule has 4 aromatic rings. The van der Waals surface area contributed by atoms with Crippen LogP contribution in [0, 0.1) is 6.92 Å². The molecule has 0 spiro atoms. The number of aromatic amines is 1. The van der Waals surface area contributed by atoms with E-state index in [4.69, 9.17) is 4.52 Å². The minimum atomic E-state index is -0.482. The van der Waals surface area contributed by atoms with Crippen molar-refractivity contribution in [2.45, 2.75) is 6.92 Å². The molecular formula is C19H15N5O3. The second-order valence-electron chi connectivity index (χ2n) is 5.91. The number of fused-ring (bicyclic) bond motifs is 1. The summed E-state index contributed by atoms with van der Waals surface area (Å²) in [5, 5.41) is 9.68. The SMILES string of the molecule is Cc1cc(NC(=O)Nc2cccc(C(=O)c3c[nH]c4ncccc34)c2)no1. The summed E-state index contributed by atoms with van der Waals surface area (Å²) < 4.78 is 4.90. The maximum Gasteiger partial charge on any atom is 0.324 e. The van der Waals surface area contributed by atoms with Crippen molar-refractivity contribution in [1.29, 1.82) is 0 Å². The number of rotatable bonds is 4. The first-order valence-corrected chi connectivity index (χ1v) is 8.18. The summed E-state index contributed by atoms with van der Waals surface area (Å²) >= 11 is 0. The number of urea groups is 1. The summed E-state index contributed by atoms with van der Waals surface area (Å²) in [5.41, 5.74) is 2.11. The molecule has 0 fully saturated rings. The predicted octanol–water partition coefficient (Wildman–Crippen LogP) is 3.73. The number of H-pyrrole nitrogens is 1. The van der Waals surface area contributed by atoms with Gasteiger partial charge in [-0.2, -0.15) is 0 Å². The molecule has 0 unspecified atom stereocenters. The highest BCUT2D eigenvalue weighted by Gasteiger charge is 2.15. The van der Waals surface area contributed by atoms with Crippen LogP contribution < -0.4 is 10.6 Å². The molecule has 3 aromatic heterocycles. The smallest absolute Gasteiger partial charge is 0.324 e. The van der Waals surface area contributed by atoms with E-state index in [0.717, 1.165) is 5.39 Å². The first-order chi connectivity index (χ1) is 13.1. The standard InChI is InChI=1S/C19H15N5O3/c1-11-8-16(24-27-11)23-19(26)22-13-5-2-4-12(9-13)17(25)15-10-21-18-14(15)6-3-7-20-18/h2-10H,1H3,(H,20,21)(H2,22,23,24,26). The van der Waals surface area contributed by atoms with E-state index in [-0.39, 0.29) is 5.78 Å². The number of nitrogens with one attached hydrogen (secondary N) is 3. The zero-order valence-electron chi connectivity index (χ0n) is 14.3. The zero-order valence-corrected chi connectivity index (χ0v) is 14.3. The Bertz CT molecular complexity index is 1140. The van der Waals surface area contributed by atoms with E-state index in [0.29, 0.717) is 34.0 Å². The van der Waals surface area contributed by atoms with Gasteiger partial charge in [-0.15, -0.1) is 0 Å². The molecule has 0 atom stereocenters. The van der Waals surface area contributed by atoms with E-state index in [1.54, 1.807) is 55.7 Å². The van der Waals surface area contributed by atoms with E-state index in [1.807, 2.05) is 6.07 Å². The Labute approximate surface area is 153 Å². The lowest BCUT2D eigenvalue weighted by atomic mass is 10.0. The van der Waals surface area contributed by atoms with Crippen LogP contribution in [-0.4, -0.2) is 26.9 Å². The van der Waals surface area contributed by atoms with Crippen LogP contribution in [0.3, 0.4) is 0 Å². The molecule has 4 rings (SSSR count). The Morgan fingerprint density at radius 2 is 2.00 bits per heavy atom. The largest absolute Gasteiger partial charge is 0.360 e. The third-order valence-corrected chi connectivity index (χ3v) is 3.95. The summed E-state index contributed by atoms with van der Waals surface area (Å²) in [5.74, 6) is 0.736. The Kier molecular flexibility index (Phi) is 4.13. The molecule has 8 nitrogen and oxygen atoms in total. The summed E-state index contributed by atoms with van der Waals surface area (Å²) in [6, 6.07) is 11.4. The number of benzene rings is 1. The number of ketones is 1. The van der Waals surface area contributed by atoms with Gasteiger partial charge in [0.1, 0.15) is 11.4 Å². The Morgan fingerprint density at radius 1 is 1.11 bits per heavy atom. The van der Waals surface area contributed by atoms with E-state index < -0.39 is 6.03 Å². The van der Waals surface area contributed by atoms with Crippen LogP contribution in [0.4, 0.5) is 16.3 Å². The van der Waals surface area contributed by atoms with Crippen molar-refractivity contribution in [2.75, 3.05) is 10.6 Å². The fraction of sp³-hybridized carbons (Fsp3) is 0.0526. The summed E-state index contributed by atoms with van der Waals surface area (Å²) in [6.07, 6.45) is 3.30. The van der Waals surface area contributed by atoms with Gasteiger partial charge in [-0.05, 0) is 31.2 Å². The number of aryl methyl sites for hydroxylation is 1. The van der Waals surface area contributed by atoms with Crippen molar-refractivity contribution >= 4 is 34.4 Å². The minimum absolute atomic E-state index is 0.162. The summed E-state index contributed by atoms with van der Waals surface area (Å²) in [6.45, 7) is 1.73. The minimum Gasteiger partial charge on any atom is -0.360 e. The summed E-state index contributed by atoms with van der Waals surface area (Å²) in [4.78, 5) is 32.1. The van der Waals surface area contributed by atoms with Gasteiger partial charge in [0.05, 0.1) is 0 Å². The fourth-order valence-electron chi connectivity index (χ4n) is 2.74. The quantitative estimate of drug-likeness (QED) is 0.479. The molecule has 1 aromatic carbocycles. The molecule has 0 radical (unpaired) electrons. The molecule has 3 N–H and O–H groups in total. The monoisotopic (exact) mass is 361 g/mol. The van der Waals surface area contributed by atoms with E-state index >= 15 is 0 Å². The number of nitrogens with zero attached hydrogens (tertiary/aromatic N) is 2. The van der Waals surface area contributed by atoms with Crippen molar-refractivity contribution in [3.05, 3.63) is 71.7 Å². The Hall–Kier alpha value is -3.94. The molecular weight excluding hydrogens is 346 g/mol. The van der Waals surface area contributed by atoms with Gasteiger partial charge in [-0.25, -0.2) is 9.78 Å². The molecule has 0 saturated heterocycles. The van der Waals surface area contributed by atoms with Gasteiger partial charge in [0, 0.05) is 40.7 Å². The normalized spacial score (nSPS) is 10.7. The third kappa shape index (κ3) is 3.40. The molecule has 2 amide bonds. The lowest BCUT2D eigenvalue weighted by Crippen LogP contribution is -2.19. The van der Waals surface area contributed by atoms with Gasteiger partial charge >= 0.3 is 6.03 Å². The molecule has 0 saturated carbocycles. The fourth-order valence-corrected chi connectivity index (χ4v) is 2.74. The Balaban J connectivity index is 1.53. The average Bonchev–Trinajstić information content (AvgIpc) is 3.27. The maximum atomic E-state index is 12.9. The van der Waals surface area contributed by atoms with E-state index in [1.165, 1.54) is 0 Å². The summed E-state index contributed by atoms with van der Waals surface area (Å²) in [7, 11) is 0. The molecule has 0 aliphatic carbocycles. The van der Waals surface area contributed by atoms with Gasteiger partial charge in [-0.1, -0.05) is 17.3 Å². The van der Waals surface area contributed by atoms with Crippen LogP contribution in [0.5, 0.6) is 0 Å². The third-order valence-electron chi connectivity index (χ3n) is 3.95. The van der Waals surface area contributed by atoms with Crippen LogP contribution in [0.15, 0.2) is 59.4 Å². The first-order valence-electron chi connectivity index (χ1n) is 8.18. The second kappa shape index (κ2) is 6.75. The van der Waals surface area contributed by atoms with Gasteiger partial charge < -0.3 is 14.8 Å². The van der Waals surface area contributed by atoms with E-state index in [9.17, 15) is 9.59 Å². The lowest BCUT2D eigenvalue weighted by molar-refractivity contribution is 0.104. The highest BCUT2D eigenvalue weighted by molar-refractivity contribution is 6.16. The van der Waals surface area contributed by atoms with Crippen molar-refractivity contribution in [3.8, 4) is 0 Å². The number of carbonyl (C=O) groups excluding carboxylic acids is 2. The van der Waals surface area contributed by atoms with Crippen LogP contribution in [0.25, 0.3) is 11.0 Å². The van der Waals surface area contributed by atoms with Crippen molar-refractivity contribution < 1.29 is 14.1 Å². The van der Waals surface area contributed by atoms with Crippen LogP contribution >= 0.6 is 0 Å². The molecule has 0 bridgehead atoms. The van der Waals surface area contributed by atoms with Crippen LogP contribution in [0.1, 0.15) is 21.7 Å². The number of amides is 2. The molecule has 0 aliphatic heterocycles. The first kappa shape index (κ1) is 16.5. The number of hydrogen-bond acceptors (Lipinski definition) is 5. The predicted molar refractivity (Wildman–Crippen MR) is 99.8 cm³/mol. The molecule has 134 valence electrons. The van der Waals surface area contributed by atoms with Crippen LogP contribution in [0.2, 0.25) is 0 Å². The second-order valence-corrected chi connectivity index (χ2v) is 5.91. The molecule has 0 aliphatic rings. The number of pyridine rings is 1. The van der Waals surface area contributed by atoms with Gasteiger partial charge in [0.2, 0.25) is 0 Å². The molecule has 27 heavy (non-hydrogen) atoms. The van der Waals surface area contributed by atoms with Crippen LogP contribution in [-0.2, 0) is 0 Å². The lowest BCUT2D eigenvalue weighted by Gasteiger charge is -2.07. The average molecular weight is 361 g/mol. The van der Waals surface area contributed by atoms with Gasteiger partial charge in [0.25, 0.3) is 0 Å². The van der Waals surface area contributed by atoms with Crippen molar-refractivity contribution in [3.63, 3.8) is 0 Å². The van der Waals surface area contributed by atoms with Crippen molar-refractivity contribution in [2.24, 2.45) is 0 Å². The molecule has 8 heteroatoms. The van der Waals surface area contributed by atoms with Gasteiger partial charge in [-0.3, -0.25) is 10.1 Å². The zero-order chi connectivity index (χ0) is 18.8. The van der Waals surface area contributed by atoms with Crippen molar-refractivity contribution in [1.82, 2.24) is 15.1 Å². The highest BCUT2D eigenvalue weighted by atomic mass is 16.5. The highest BCUT2D eigenvalue weighted by Crippen LogP contribution is 2.21. The Morgan fingerprint density at radius 3 is 2.81 bits per heavy atom. The number of anilines is 2. The number of aromatic nitrogens is 3. The number of hydrogen-bond donors (Lipinski definition) is 3.